The molecule has 1 saturated carbocycles. The van der Waals surface area contributed by atoms with E-state index in [2.05, 4.69) is 5.16 Å². The first-order chi connectivity index (χ1) is 9.27. The maximum absolute atomic E-state index is 14.0. The molecule has 0 amide bonds. The third-order valence-corrected chi connectivity index (χ3v) is 3.86. The van der Waals surface area contributed by atoms with Gasteiger partial charge in [0.25, 0.3) is 0 Å². The fourth-order valence-electron chi connectivity index (χ4n) is 2.89. The fourth-order valence-corrected chi connectivity index (χ4v) is 2.89. The Morgan fingerprint density at radius 2 is 1.89 bits per heavy atom. The highest BCUT2D eigenvalue weighted by Gasteiger charge is 2.26. The first-order valence-corrected chi connectivity index (χ1v) is 6.77. The number of nitrogens with two attached hydrogens (primary N) is 1. The Morgan fingerprint density at radius 3 is 2.63 bits per heavy atom. The summed E-state index contributed by atoms with van der Waals surface area (Å²) in [5.74, 6) is 1.07. The van der Waals surface area contributed by atoms with Crippen LogP contribution in [0.3, 0.4) is 0 Å². The van der Waals surface area contributed by atoms with Crippen LogP contribution in [0, 0.1) is 5.82 Å². The van der Waals surface area contributed by atoms with Crippen LogP contribution in [0.2, 0.25) is 0 Å². The van der Waals surface area contributed by atoms with Gasteiger partial charge < -0.3 is 10.3 Å². The van der Waals surface area contributed by atoms with E-state index in [1.54, 1.807) is 18.2 Å². The van der Waals surface area contributed by atoms with Gasteiger partial charge in [0.2, 0.25) is 0 Å². The van der Waals surface area contributed by atoms with E-state index >= 15 is 0 Å². The van der Waals surface area contributed by atoms with Crippen molar-refractivity contribution < 1.29 is 8.91 Å². The molecule has 0 spiro atoms. The van der Waals surface area contributed by atoms with Gasteiger partial charge in [0, 0.05) is 11.5 Å². The Morgan fingerprint density at radius 1 is 1.16 bits per heavy atom. The molecule has 1 aromatic heterocycles. The number of hydrogen-bond donors (Lipinski definition) is 1. The van der Waals surface area contributed by atoms with Crippen LogP contribution in [0.1, 0.15) is 43.8 Å². The molecule has 1 fully saturated rings. The summed E-state index contributed by atoms with van der Waals surface area (Å²) in [6.45, 7) is 0. The second-order valence-electron chi connectivity index (χ2n) is 5.12. The van der Waals surface area contributed by atoms with Crippen molar-refractivity contribution in [2.75, 3.05) is 5.73 Å². The number of nitrogens with zero attached hydrogens (tertiary/aromatic N) is 1. The second kappa shape index (κ2) is 5.03. The number of benzene rings is 1. The van der Waals surface area contributed by atoms with Crippen molar-refractivity contribution in [3.63, 3.8) is 0 Å². The predicted octanol–water partition coefficient (Wildman–Crippen LogP) is 4.11. The van der Waals surface area contributed by atoms with Crippen LogP contribution in [0.25, 0.3) is 11.1 Å². The Hall–Kier alpha value is -1.84. The monoisotopic (exact) mass is 260 g/mol. The molecule has 0 atom stereocenters. The van der Waals surface area contributed by atoms with Gasteiger partial charge in [-0.15, -0.1) is 0 Å². The zero-order valence-electron chi connectivity index (χ0n) is 10.7. The van der Waals surface area contributed by atoms with Gasteiger partial charge in [-0.25, -0.2) is 4.39 Å². The SMILES string of the molecule is Nc1noc(C2CCCCC2)c1-c1ccccc1F. The number of halogens is 1. The predicted molar refractivity (Wildman–Crippen MR) is 72.1 cm³/mol. The van der Waals surface area contributed by atoms with Crippen molar-refractivity contribution in [2.24, 2.45) is 0 Å². The number of aromatic nitrogens is 1. The summed E-state index contributed by atoms with van der Waals surface area (Å²) in [5, 5.41) is 3.85. The lowest BCUT2D eigenvalue weighted by atomic mass is 9.85. The Labute approximate surface area is 111 Å². The normalized spacial score (nSPS) is 16.7. The van der Waals surface area contributed by atoms with Gasteiger partial charge in [0.1, 0.15) is 11.6 Å². The molecular weight excluding hydrogens is 243 g/mol. The molecule has 1 aliphatic rings. The largest absolute Gasteiger partial charge is 0.380 e. The molecule has 19 heavy (non-hydrogen) atoms. The van der Waals surface area contributed by atoms with Crippen LogP contribution in [0.5, 0.6) is 0 Å². The van der Waals surface area contributed by atoms with E-state index in [-0.39, 0.29) is 11.6 Å². The fraction of sp³-hybridized carbons (Fsp3) is 0.400. The molecule has 0 bridgehead atoms. The Balaban J connectivity index is 2.06. The molecule has 0 unspecified atom stereocenters. The average Bonchev–Trinajstić information content (AvgIpc) is 2.82. The van der Waals surface area contributed by atoms with Gasteiger partial charge in [-0.3, -0.25) is 0 Å². The highest BCUT2D eigenvalue weighted by Crippen LogP contribution is 2.41. The maximum Gasteiger partial charge on any atom is 0.175 e. The molecule has 4 heteroatoms. The highest BCUT2D eigenvalue weighted by atomic mass is 19.1. The van der Waals surface area contributed by atoms with Crippen molar-refractivity contribution in [1.29, 1.82) is 0 Å². The van der Waals surface area contributed by atoms with Gasteiger partial charge >= 0.3 is 0 Å². The number of rotatable bonds is 2. The Bertz CT molecular complexity index is 573. The topological polar surface area (TPSA) is 52.0 Å². The maximum atomic E-state index is 14.0. The lowest BCUT2D eigenvalue weighted by molar-refractivity contribution is 0.323. The smallest absolute Gasteiger partial charge is 0.175 e. The molecular formula is C15H17FN2O. The van der Waals surface area contributed by atoms with E-state index in [1.807, 2.05) is 0 Å². The molecule has 0 aliphatic heterocycles. The molecule has 1 heterocycles. The zero-order chi connectivity index (χ0) is 13.2. The summed E-state index contributed by atoms with van der Waals surface area (Å²) in [7, 11) is 0. The van der Waals surface area contributed by atoms with E-state index in [0.717, 1.165) is 18.6 Å². The third kappa shape index (κ3) is 2.23. The molecule has 2 aromatic rings. The van der Waals surface area contributed by atoms with Crippen LogP contribution in [0.15, 0.2) is 28.8 Å². The quantitative estimate of drug-likeness (QED) is 0.884. The van der Waals surface area contributed by atoms with Crippen molar-refractivity contribution in [1.82, 2.24) is 5.16 Å². The minimum absolute atomic E-state index is 0.283. The molecule has 100 valence electrons. The van der Waals surface area contributed by atoms with Crippen LogP contribution in [0.4, 0.5) is 10.2 Å². The van der Waals surface area contributed by atoms with Crippen LogP contribution >= 0.6 is 0 Å². The van der Waals surface area contributed by atoms with Crippen molar-refractivity contribution in [2.45, 2.75) is 38.0 Å². The van der Waals surface area contributed by atoms with Crippen molar-refractivity contribution in [3.8, 4) is 11.1 Å². The molecule has 1 aromatic carbocycles. The molecule has 0 radical (unpaired) electrons. The minimum atomic E-state index is -0.283. The molecule has 0 saturated heterocycles. The van der Waals surface area contributed by atoms with E-state index < -0.39 is 0 Å². The minimum Gasteiger partial charge on any atom is -0.380 e. The van der Waals surface area contributed by atoms with Crippen LogP contribution < -0.4 is 5.73 Å². The Kier molecular flexibility index (Phi) is 3.23. The first-order valence-electron chi connectivity index (χ1n) is 6.77. The summed E-state index contributed by atoms with van der Waals surface area (Å²) in [4.78, 5) is 0. The van der Waals surface area contributed by atoms with Gasteiger partial charge in [-0.05, 0) is 18.9 Å². The molecule has 1 aliphatic carbocycles. The lowest BCUT2D eigenvalue weighted by Gasteiger charge is -2.20. The molecule has 3 rings (SSSR count). The average molecular weight is 260 g/mol. The molecule has 2 N–H and O–H groups in total. The van der Waals surface area contributed by atoms with Gasteiger partial charge in [0.05, 0.1) is 5.56 Å². The van der Waals surface area contributed by atoms with Crippen molar-refractivity contribution in [3.05, 3.63) is 35.8 Å². The van der Waals surface area contributed by atoms with Gasteiger partial charge in [-0.2, -0.15) is 0 Å². The standard InChI is InChI=1S/C15H17FN2O/c16-12-9-5-4-8-11(12)13-14(19-18-15(13)17)10-6-2-1-3-7-10/h4-5,8-10H,1-3,6-7H2,(H2,17,18). The van der Waals surface area contributed by atoms with Crippen LogP contribution in [-0.4, -0.2) is 5.16 Å². The summed E-state index contributed by atoms with van der Waals surface area (Å²) in [6.07, 6.45) is 5.76. The number of anilines is 1. The number of nitrogen functional groups attached to an aromatic ring is 1. The van der Waals surface area contributed by atoms with Gasteiger partial charge in [0.15, 0.2) is 5.82 Å². The summed E-state index contributed by atoms with van der Waals surface area (Å²) < 4.78 is 19.4. The van der Waals surface area contributed by atoms with E-state index in [0.29, 0.717) is 17.0 Å². The van der Waals surface area contributed by atoms with E-state index in [9.17, 15) is 4.39 Å². The van der Waals surface area contributed by atoms with Crippen LogP contribution in [-0.2, 0) is 0 Å². The van der Waals surface area contributed by atoms with E-state index in [1.165, 1.54) is 25.3 Å². The second-order valence-corrected chi connectivity index (χ2v) is 5.12. The lowest BCUT2D eigenvalue weighted by Crippen LogP contribution is -2.05. The van der Waals surface area contributed by atoms with Gasteiger partial charge in [-0.1, -0.05) is 42.6 Å². The molecule has 3 nitrogen and oxygen atoms in total. The zero-order valence-corrected chi connectivity index (χ0v) is 10.7. The van der Waals surface area contributed by atoms with E-state index in [4.69, 9.17) is 10.3 Å². The summed E-state index contributed by atoms with van der Waals surface area (Å²) in [6, 6.07) is 6.63. The first kappa shape index (κ1) is 12.2. The third-order valence-electron chi connectivity index (χ3n) is 3.86. The summed E-state index contributed by atoms with van der Waals surface area (Å²) in [5.41, 5.74) is 7.01. The summed E-state index contributed by atoms with van der Waals surface area (Å²) >= 11 is 0. The number of hydrogen-bond acceptors (Lipinski definition) is 3. The van der Waals surface area contributed by atoms with Crippen molar-refractivity contribution >= 4 is 5.82 Å². The highest BCUT2D eigenvalue weighted by molar-refractivity contribution is 5.76.